The Balaban J connectivity index is 0. The molecule has 1 heterocycles. The van der Waals surface area contributed by atoms with Crippen LogP contribution >= 0.6 is 24.8 Å². The maximum absolute atomic E-state index is 12.1. The maximum atomic E-state index is 12.1. The predicted octanol–water partition coefficient (Wildman–Crippen LogP) is -0.624. The van der Waals surface area contributed by atoms with Crippen molar-refractivity contribution < 1.29 is 14.4 Å². The summed E-state index contributed by atoms with van der Waals surface area (Å²) in [4.78, 5) is 39.2. The first-order valence-electron chi connectivity index (χ1n) is 8.26. The van der Waals surface area contributed by atoms with Crippen LogP contribution in [0.15, 0.2) is 12.7 Å². The summed E-state index contributed by atoms with van der Waals surface area (Å²) in [7, 11) is 0. The number of nitrogens with two attached hydrogens (primary N) is 1. The molecule has 1 rings (SSSR count). The molecule has 0 spiro atoms. The van der Waals surface area contributed by atoms with Crippen LogP contribution in [-0.4, -0.2) is 79.4 Å². The standard InChI is InChI=1S/C16H29N5O3.2ClH/c1-4-5-18-13(22)11-20-6-8-21(9-7-20)14(23)10-19-16(24)15(17)12(2)3;;/h4,12,15H,1,5-11,17H2,2-3H3,(H,18,22)(H,19,24);2*1H/t15-;;/m0../s1. The lowest BCUT2D eigenvalue weighted by atomic mass is 10.1. The summed E-state index contributed by atoms with van der Waals surface area (Å²) in [6.45, 7) is 10.3. The van der Waals surface area contributed by atoms with Crippen LogP contribution in [0.1, 0.15) is 13.8 Å². The monoisotopic (exact) mass is 411 g/mol. The molecule has 10 heteroatoms. The van der Waals surface area contributed by atoms with Crippen molar-refractivity contribution in [1.82, 2.24) is 20.4 Å². The summed E-state index contributed by atoms with van der Waals surface area (Å²) in [6, 6.07) is -0.608. The fourth-order valence-electron chi connectivity index (χ4n) is 2.30. The quantitative estimate of drug-likeness (QED) is 0.461. The number of carbonyl (C=O) groups is 3. The third-order valence-corrected chi connectivity index (χ3v) is 3.97. The second-order valence-corrected chi connectivity index (χ2v) is 6.24. The van der Waals surface area contributed by atoms with Gasteiger partial charge in [0.25, 0.3) is 0 Å². The van der Waals surface area contributed by atoms with Crippen molar-refractivity contribution >= 4 is 42.5 Å². The summed E-state index contributed by atoms with van der Waals surface area (Å²) in [5.41, 5.74) is 5.74. The fourth-order valence-corrected chi connectivity index (χ4v) is 2.30. The molecule has 1 aliphatic heterocycles. The van der Waals surface area contributed by atoms with Gasteiger partial charge in [0.05, 0.1) is 19.1 Å². The van der Waals surface area contributed by atoms with Crippen LogP contribution in [0.2, 0.25) is 0 Å². The van der Waals surface area contributed by atoms with Gasteiger partial charge in [-0.2, -0.15) is 0 Å². The van der Waals surface area contributed by atoms with Gasteiger partial charge in [0.15, 0.2) is 0 Å². The number of carbonyl (C=O) groups excluding carboxylic acids is 3. The second kappa shape index (κ2) is 13.8. The zero-order chi connectivity index (χ0) is 18.1. The van der Waals surface area contributed by atoms with Gasteiger partial charge in [0.1, 0.15) is 0 Å². The summed E-state index contributed by atoms with van der Waals surface area (Å²) in [6.07, 6.45) is 1.63. The van der Waals surface area contributed by atoms with Crippen LogP contribution in [0.3, 0.4) is 0 Å². The lowest BCUT2D eigenvalue weighted by Crippen LogP contribution is -2.54. The molecule has 0 aliphatic carbocycles. The average Bonchev–Trinajstić information content (AvgIpc) is 2.57. The zero-order valence-corrected chi connectivity index (χ0v) is 17.0. The molecular weight excluding hydrogens is 381 g/mol. The van der Waals surface area contributed by atoms with Crippen LogP contribution in [0.4, 0.5) is 0 Å². The Morgan fingerprint density at radius 3 is 2.19 bits per heavy atom. The average molecular weight is 412 g/mol. The lowest BCUT2D eigenvalue weighted by molar-refractivity contribution is -0.135. The molecule has 26 heavy (non-hydrogen) atoms. The molecule has 4 N–H and O–H groups in total. The van der Waals surface area contributed by atoms with Crippen molar-refractivity contribution in [1.29, 1.82) is 0 Å². The van der Waals surface area contributed by atoms with Crippen LogP contribution in [0.25, 0.3) is 0 Å². The van der Waals surface area contributed by atoms with Crippen LogP contribution in [0.5, 0.6) is 0 Å². The van der Waals surface area contributed by atoms with E-state index in [0.29, 0.717) is 39.3 Å². The van der Waals surface area contributed by atoms with Gasteiger partial charge in [-0.25, -0.2) is 0 Å². The SMILES string of the molecule is C=CCNC(=O)CN1CCN(C(=O)CNC(=O)[C@@H](N)C(C)C)CC1.Cl.Cl. The van der Waals surface area contributed by atoms with Gasteiger partial charge in [0.2, 0.25) is 17.7 Å². The van der Waals surface area contributed by atoms with Crippen molar-refractivity contribution in [3.63, 3.8) is 0 Å². The van der Waals surface area contributed by atoms with Gasteiger partial charge < -0.3 is 21.3 Å². The highest BCUT2D eigenvalue weighted by molar-refractivity contribution is 5.87. The lowest BCUT2D eigenvalue weighted by Gasteiger charge is -2.34. The van der Waals surface area contributed by atoms with Crippen molar-refractivity contribution in [3.8, 4) is 0 Å². The Labute approximate surface area is 167 Å². The van der Waals surface area contributed by atoms with E-state index < -0.39 is 6.04 Å². The summed E-state index contributed by atoms with van der Waals surface area (Å²) < 4.78 is 0. The molecule has 1 atom stereocenters. The van der Waals surface area contributed by atoms with Crippen molar-refractivity contribution in [3.05, 3.63) is 12.7 Å². The predicted molar refractivity (Wildman–Crippen MR) is 107 cm³/mol. The molecule has 0 aromatic carbocycles. The van der Waals surface area contributed by atoms with Gasteiger partial charge in [-0.1, -0.05) is 19.9 Å². The van der Waals surface area contributed by atoms with Crippen molar-refractivity contribution in [2.45, 2.75) is 19.9 Å². The molecule has 0 bridgehead atoms. The van der Waals surface area contributed by atoms with E-state index in [-0.39, 0.29) is 55.0 Å². The molecule has 152 valence electrons. The zero-order valence-electron chi connectivity index (χ0n) is 15.4. The Morgan fingerprint density at radius 1 is 1.12 bits per heavy atom. The van der Waals surface area contributed by atoms with E-state index in [1.807, 2.05) is 18.7 Å². The number of nitrogens with zero attached hydrogens (tertiary/aromatic N) is 2. The molecule has 1 aliphatic rings. The normalized spacial score (nSPS) is 15.3. The minimum Gasteiger partial charge on any atom is -0.352 e. The molecule has 0 aromatic rings. The molecule has 0 saturated carbocycles. The van der Waals surface area contributed by atoms with Gasteiger partial charge >= 0.3 is 0 Å². The van der Waals surface area contributed by atoms with E-state index in [4.69, 9.17) is 5.73 Å². The number of hydrogen-bond acceptors (Lipinski definition) is 5. The van der Waals surface area contributed by atoms with Gasteiger partial charge in [-0.05, 0) is 5.92 Å². The molecule has 0 radical (unpaired) electrons. The number of piperazine rings is 1. The Bertz CT molecular complexity index is 469. The molecule has 3 amide bonds. The highest BCUT2D eigenvalue weighted by Gasteiger charge is 2.23. The maximum Gasteiger partial charge on any atom is 0.242 e. The van der Waals surface area contributed by atoms with Crippen molar-refractivity contribution in [2.24, 2.45) is 11.7 Å². The van der Waals surface area contributed by atoms with E-state index in [0.717, 1.165) is 0 Å². The van der Waals surface area contributed by atoms with Gasteiger partial charge in [-0.3, -0.25) is 19.3 Å². The minimum atomic E-state index is -0.608. The summed E-state index contributed by atoms with van der Waals surface area (Å²) >= 11 is 0. The number of amides is 3. The van der Waals surface area contributed by atoms with E-state index in [9.17, 15) is 14.4 Å². The Morgan fingerprint density at radius 2 is 1.69 bits per heavy atom. The first-order valence-corrected chi connectivity index (χ1v) is 8.26. The molecule has 1 fully saturated rings. The number of rotatable bonds is 8. The largest absolute Gasteiger partial charge is 0.352 e. The third-order valence-electron chi connectivity index (χ3n) is 3.97. The smallest absolute Gasteiger partial charge is 0.242 e. The first-order chi connectivity index (χ1) is 11.3. The van der Waals surface area contributed by atoms with E-state index in [1.165, 1.54) is 0 Å². The number of halogens is 2. The van der Waals surface area contributed by atoms with Crippen LogP contribution in [0, 0.1) is 5.92 Å². The topological polar surface area (TPSA) is 108 Å². The van der Waals surface area contributed by atoms with E-state index in [2.05, 4.69) is 17.2 Å². The highest BCUT2D eigenvalue weighted by Crippen LogP contribution is 2.02. The molecule has 0 aromatic heterocycles. The molecule has 8 nitrogen and oxygen atoms in total. The molecule has 1 saturated heterocycles. The van der Waals surface area contributed by atoms with Crippen LogP contribution in [-0.2, 0) is 14.4 Å². The van der Waals surface area contributed by atoms with Gasteiger partial charge in [-0.15, -0.1) is 31.4 Å². The Kier molecular flexibility index (Phi) is 14.3. The fraction of sp³-hybridized carbons (Fsp3) is 0.688. The number of nitrogens with one attached hydrogen (secondary N) is 2. The van der Waals surface area contributed by atoms with Gasteiger partial charge in [0, 0.05) is 32.7 Å². The summed E-state index contributed by atoms with van der Waals surface area (Å²) in [5, 5.41) is 5.31. The molecule has 0 unspecified atom stereocenters. The first kappa shape index (κ1) is 26.9. The highest BCUT2D eigenvalue weighted by atomic mass is 35.5. The molecular formula is C16H31Cl2N5O3. The second-order valence-electron chi connectivity index (χ2n) is 6.24. The minimum absolute atomic E-state index is 0. The van der Waals surface area contributed by atoms with Crippen LogP contribution < -0.4 is 16.4 Å². The Hall–Kier alpha value is -1.35. The van der Waals surface area contributed by atoms with Crippen molar-refractivity contribution in [2.75, 3.05) is 45.8 Å². The third kappa shape index (κ3) is 9.38. The van der Waals surface area contributed by atoms with E-state index >= 15 is 0 Å². The summed E-state index contributed by atoms with van der Waals surface area (Å²) in [5.74, 6) is -0.466. The number of hydrogen-bond donors (Lipinski definition) is 3. The van der Waals surface area contributed by atoms with E-state index in [1.54, 1.807) is 11.0 Å².